The van der Waals surface area contributed by atoms with E-state index in [1.165, 1.54) is 5.56 Å². The highest BCUT2D eigenvalue weighted by atomic mass is 79.9. The Hall–Kier alpha value is -0.830. The van der Waals surface area contributed by atoms with Crippen LogP contribution in [-0.4, -0.2) is 16.9 Å². The first-order valence-corrected chi connectivity index (χ1v) is 5.89. The van der Waals surface area contributed by atoms with Crippen molar-refractivity contribution in [3.63, 3.8) is 0 Å². The second-order valence-corrected chi connectivity index (χ2v) is 5.17. The van der Waals surface area contributed by atoms with Crippen molar-refractivity contribution in [1.82, 2.24) is 0 Å². The van der Waals surface area contributed by atoms with Gasteiger partial charge in [0, 0.05) is 5.92 Å². The lowest BCUT2D eigenvalue weighted by atomic mass is 10.1. The molecule has 2 rings (SSSR count). The number of hydrogen-bond donors (Lipinski definition) is 0. The van der Waals surface area contributed by atoms with Gasteiger partial charge in [0.05, 0.1) is 6.61 Å². The van der Waals surface area contributed by atoms with Gasteiger partial charge in [-0.05, 0) is 18.9 Å². The number of benzene rings is 1. The highest BCUT2D eigenvalue weighted by Crippen LogP contribution is 2.58. The predicted octanol–water partition coefficient (Wildman–Crippen LogP) is 2.87. The summed E-state index contributed by atoms with van der Waals surface area (Å²) in [6, 6.07) is 10.1. The standard InChI is InChI=1S/C12H13BrO2/c1-2-15-11(14)12(13)8-10(12)9-6-4-3-5-7-9/h3-7,10H,2,8H2,1H3/t10-,12+/m1/s1. The van der Waals surface area contributed by atoms with Crippen LogP contribution in [0.2, 0.25) is 0 Å². The van der Waals surface area contributed by atoms with Crippen molar-refractivity contribution in [3.05, 3.63) is 35.9 Å². The zero-order chi connectivity index (χ0) is 10.9. The van der Waals surface area contributed by atoms with Crippen LogP contribution >= 0.6 is 15.9 Å². The van der Waals surface area contributed by atoms with E-state index in [-0.39, 0.29) is 11.9 Å². The van der Waals surface area contributed by atoms with Crippen molar-refractivity contribution in [3.8, 4) is 0 Å². The Labute approximate surface area is 97.8 Å². The molecule has 0 aliphatic heterocycles. The van der Waals surface area contributed by atoms with Crippen molar-refractivity contribution >= 4 is 21.9 Å². The molecule has 1 aliphatic carbocycles. The number of ether oxygens (including phenoxy) is 1. The van der Waals surface area contributed by atoms with E-state index in [0.29, 0.717) is 6.61 Å². The quantitative estimate of drug-likeness (QED) is 0.623. The van der Waals surface area contributed by atoms with Gasteiger partial charge in [0.15, 0.2) is 0 Å². The highest BCUT2D eigenvalue weighted by Gasteiger charge is 2.60. The number of esters is 1. The number of hydrogen-bond acceptors (Lipinski definition) is 2. The summed E-state index contributed by atoms with van der Waals surface area (Å²) in [5.74, 6) is 0.122. The Balaban J connectivity index is 2.09. The van der Waals surface area contributed by atoms with Gasteiger partial charge in [-0.2, -0.15) is 0 Å². The molecule has 0 saturated heterocycles. The van der Waals surface area contributed by atoms with Crippen LogP contribution in [0.25, 0.3) is 0 Å². The fourth-order valence-corrected chi connectivity index (χ4v) is 2.48. The second kappa shape index (κ2) is 3.97. The van der Waals surface area contributed by atoms with Crippen LogP contribution in [0.3, 0.4) is 0 Å². The predicted molar refractivity (Wildman–Crippen MR) is 62.1 cm³/mol. The van der Waals surface area contributed by atoms with Crippen LogP contribution in [0.15, 0.2) is 30.3 Å². The van der Waals surface area contributed by atoms with Gasteiger partial charge in [-0.15, -0.1) is 0 Å². The van der Waals surface area contributed by atoms with Gasteiger partial charge in [-0.1, -0.05) is 46.3 Å². The molecule has 2 nitrogen and oxygen atoms in total. The molecule has 3 heteroatoms. The Kier molecular flexibility index (Phi) is 2.83. The topological polar surface area (TPSA) is 26.3 Å². The molecule has 1 aliphatic rings. The SMILES string of the molecule is CCOC(=O)[C@]1(Br)C[C@@H]1c1ccccc1. The fourth-order valence-electron chi connectivity index (χ4n) is 1.78. The summed E-state index contributed by atoms with van der Waals surface area (Å²) in [6.07, 6.45) is 0.829. The zero-order valence-electron chi connectivity index (χ0n) is 8.57. The molecule has 0 bridgehead atoms. The smallest absolute Gasteiger partial charge is 0.323 e. The lowest BCUT2D eigenvalue weighted by Gasteiger charge is -2.08. The molecule has 0 unspecified atom stereocenters. The van der Waals surface area contributed by atoms with E-state index in [9.17, 15) is 4.79 Å². The van der Waals surface area contributed by atoms with Crippen LogP contribution in [0, 0.1) is 0 Å². The molecule has 80 valence electrons. The summed E-state index contributed by atoms with van der Waals surface area (Å²) in [7, 11) is 0. The van der Waals surface area contributed by atoms with Gasteiger partial charge in [-0.3, -0.25) is 4.79 Å². The number of carbonyl (C=O) groups is 1. The lowest BCUT2D eigenvalue weighted by molar-refractivity contribution is -0.143. The Morgan fingerprint density at radius 3 is 2.80 bits per heavy atom. The summed E-state index contributed by atoms with van der Waals surface area (Å²) < 4.78 is 4.57. The van der Waals surface area contributed by atoms with Crippen molar-refractivity contribution in [1.29, 1.82) is 0 Å². The molecule has 1 fully saturated rings. The fraction of sp³-hybridized carbons (Fsp3) is 0.417. The zero-order valence-corrected chi connectivity index (χ0v) is 10.2. The third-order valence-corrected chi connectivity index (χ3v) is 3.91. The molecule has 0 amide bonds. The molecule has 2 atom stereocenters. The minimum Gasteiger partial charge on any atom is -0.465 e. The lowest BCUT2D eigenvalue weighted by Crippen LogP contribution is -2.20. The minimum absolute atomic E-state index is 0.140. The summed E-state index contributed by atoms with van der Waals surface area (Å²) in [5, 5.41) is 0. The number of carbonyl (C=O) groups excluding carboxylic acids is 1. The maximum atomic E-state index is 11.6. The normalized spacial score (nSPS) is 28.5. The van der Waals surface area contributed by atoms with E-state index in [0.717, 1.165) is 6.42 Å². The molecule has 1 aromatic rings. The van der Waals surface area contributed by atoms with Crippen LogP contribution < -0.4 is 0 Å². The third kappa shape index (κ3) is 1.93. The highest BCUT2D eigenvalue weighted by molar-refractivity contribution is 9.10. The minimum atomic E-state index is -0.468. The monoisotopic (exact) mass is 268 g/mol. The maximum absolute atomic E-state index is 11.6. The first kappa shape index (κ1) is 10.7. The van der Waals surface area contributed by atoms with Gasteiger partial charge >= 0.3 is 5.97 Å². The molecular weight excluding hydrogens is 256 g/mol. The van der Waals surface area contributed by atoms with E-state index in [4.69, 9.17) is 4.74 Å². The van der Waals surface area contributed by atoms with Crippen molar-refractivity contribution in [2.75, 3.05) is 6.61 Å². The average Bonchev–Trinajstić information content (AvgIpc) is 2.94. The molecule has 0 radical (unpaired) electrons. The van der Waals surface area contributed by atoms with Gasteiger partial charge in [0.2, 0.25) is 0 Å². The van der Waals surface area contributed by atoms with Crippen LogP contribution in [0.4, 0.5) is 0 Å². The number of halogens is 1. The van der Waals surface area contributed by atoms with Crippen molar-refractivity contribution in [2.24, 2.45) is 0 Å². The van der Waals surface area contributed by atoms with Gasteiger partial charge < -0.3 is 4.74 Å². The van der Waals surface area contributed by atoms with Crippen LogP contribution in [0.1, 0.15) is 24.8 Å². The molecule has 0 heterocycles. The van der Waals surface area contributed by atoms with E-state index in [1.807, 2.05) is 37.3 Å². The van der Waals surface area contributed by atoms with E-state index < -0.39 is 4.32 Å². The molecule has 1 saturated carbocycles. The van der Waals surface area contributed by atoms with Crippen molar-refractivity contribution < 1.29 is 9.53 Å². The number of alkyl halides is 1. The molecule has 1 aromatic carbocycles. The first-order chi connectivity index (χ1) is 7.18. The maximum Gasteiger partial charge on any atom is 0.323 e. The number of rotatable bonds is 3. The van der Waals surface area contributed by atoms with E-state index in [2.05, 4.69) is 15.9 Å². The summed E-state index contributed by atoms with van der Waals surface area (Å²) in [5.41, 5.74) is 1.20. The van der Waals surface area contributed by atoms with Crippen molar-refractivity contribution in [2.45, 2.75) is 23.6 Å². The third-order valence-electron chi connectivity index (χ3n) is 2.71. The first-order valence-electron chi connectivity index (χ1n) is 5.09. The van der Waals surface area contributed by atoms with Gasteiger partial charge in [-0.25, -0.2) is 0 Å². The van der Waals surface area contributed by atoms with Gasteiger partial charge in [0.25, 0.3) is 0 Å². The molecular formula is C12H13BrO2. The van der Waals surface area contributed by atoms with E-state index in [1.54, 1.807) is 0 Å². The molecule has 0 spiro atoms. The Bertz CT molecular complexity index is 363. The van der Waals surface area contributed by atoms with Crippen LogP contribution in [0.5, 0.6) is 0 Å². The largest absolute Gasteiger partial charge is 0.465 e. The molecule has 0 N–H and O–H groups in total. The summed E-state index contributed by atoms with van der Waals surface area (Å²) in [6.45, 7) is 2.27. The molecule has 0 aromatic heterocycles. The van der Waals surface area contributed by atoms with Gasteiger partial charge in [0.1, 0.15) is 4.32 Å². The Morgan fingerprint density at radius 1 is 1.53 bits per heavy atom. The molecule has 15 heavy (non-hydrogen) atoms. The summed E-state index contributed by atoms with van der Waals surface area (Å²) >= 11 is 3.48. The second-order valence-electron chi connectivity index (χ2n) is 3.75. The van der Waals surface area contributed by atoms with E-state index >= 15 is 0 Å². The summed E-state index contributed by atoms with van der Waals surface area (Å²) in [4.78, 5) is 11.6. The average molecular weight is 269 g/mol. The Morgan fingerprint density at radius 2 is 2.20 bits per heavy atom. The van der Waals surface area contributed by atoms with Crippen LogP contribution in [-0.2, 0) is 9.53 Å².